The van der Waals surface area contributed by atoms with Crippen molar-refractivity contribution in [1.29, 1.82) is 0 Å². The Kier molecular flexibility index (Phi) is 7.26. The lowest BCUT2D eigenvalue weighted by atomic mass is 10.3. The van der Waals surface area contributed by atoms with Crippen molar-refractivity contribution in [1.82, 2.24) is 0 Å². The van der Waals surface area contributed by atoms with Gasteiger partial charge in [-0.2, -0.15) is 11.8 Å². The molecule has 0 aliphatic heterocycles. The van der Waals surface area contributed by atoms with Gasteiger partial charge in [0.25, 0.3) is 0 Å². The predicted molar refractivity (Wildman–Crippen MR) is 51.7 cm³/mol. The zero-order valence-electron chi connectivity index (χ0n) is 7.31. The molecule has 0 saturated heterocycles. The van der Waals surface area contributed by atoms with Crippen molar-refractivity contribution in [2.24, 2.45) is 0 Å². The first-order chi connectivity index (χ1) is 4.77. The van der Waals surface area contributed by atoms with Gasteiger partial charge in [-0.05, 0) is 38.2 Å². The highest BCUT2D eigenvalue weighted by molar-refractivity contribution is 7.99. The highest BCUT2D eigenvalue weighted by Gasteiger charge is 1.84. The second kappa shape index (κ2) is 7.20. The van der Waals surface area contributed by atoms with Crippen LogP contribution in [0.5, 0.6) is 0 Å². The van der Waals surface area contributed by atoms with E-state index >= 15 is 0 Å². The van der Waals surface area contributed by atoms with E-state index in [9.17, 15) is 0 Å². The number of hydrogen-bond acceptors (Lipinski definition) is 1. The topological polar surface area (TPSA) is 0 Å². The predicted octanol–water partition coefficient (Wildman–Crippen LogP) is 3.49. The van der Waals surface area contributed by atoms with E-state index in [1.165, 1.54) is 29.9 Å². The van der Waals surface area contributed by atoms with Gasteiger partial charge in [0.1, 0.15) is 0 Å². The Hall–Kier alpha value is 0.0900. The monoisotopic (exact) mass is 158 g/mol. The molecule has 0 spiro atoms. The third kappa shape index (κ3) is 8.09. The molecule has 0 nitrogen and oxygen atoms in total. The van der Waals surface area contributed by atoms with Gasteiger partial charge in [0.2, 0.25) is 0 Å². The Labute approximate surface area is 69.1 Å². The molecule has 0 N–H and O–H groups in total. The molecule has 1 heteroatoms. The van der Waals surface area contributed by atoms with E-state index in [1.54, 1.807) is 0 Å². The normalized spacial score (nSPS) is 9.50. The summed E-state index contributed by atoms with van der Waals surface area (Å²) >= 11 is 2.05. The second-order valence-electron chi connectivity index (χ2n) is 2.68. The van der Waals surface area contributed by atoms with Crippen molar-refractivity contribution in [2.45, 2.75) is 33.6 Å². The third-order valence-corrected chi connectivity index (χ3v) is 2.38. The summed E-state index contributed by atoms with van der Waals surface area (Å²) < 4.78 is 0. The van der Waals surface area contributed by atoms with E-state index in [4.69, 9.17) is 0 Å². The van der Waals surface area contributed by atoms with Crippen molar-refractivity contribution in [3.8, 4) is 0 Å². The molecular formula is C9H18S. The average molecular weight is 158 g/mol. The molecule has 0 atom stereocenters. The van der Waals surface area contributed by atoms with E-state index in [2.05, 4.69) is 38.6 Å². The van der Waals surface area contributed by atoms with Gasteiger partial charge in [0.05, 0.1) is 0 Å². The maximum Gasteiger partial charge on any atom is -0.00328 e. The molecule has 60 valence electrons. The number of thioether (sulfide) groups is 1. The molecule has 0 saturated carbocycles. The molecule has 0 aliphatic rings. The highest BCUT2D eigenvalue weighted by atomic mass is 32.2. The van der Waals surface area contributed by atoms with E-state index in [0.717, 1.165) is 0 Å². The molecule has 0 aromatic heterocycles. The van der Waals surface area contributed by atoms with Gasteiger partial charge in [-0.25, -0.2) is 0 Å². The van der Waals surface area contributed by atoms with Crippen LogP contribution >= 0.6 is 11.8 Å². The first-order valence-corrected chi connectivity index (χ1v) is 5.14. The minimum atomic E-state index is 1.24. The first kappa shape index (κ1) is 10.1. The van der Waals surface area contributed by atoms with Crippen LogP contribution in [0.2, 0.25) is 0 Å². The zero-order chi connectivity index (χ0) is 7.82. The van der Waals surface area contributed by atoms with Crippen LogP contribution in [0.25, 0.3) is 0 Å². The Balaban J connectivity index is 2.98. The van der Waals surface area contributed by atoms with E-state index < -0.39 is 0 Å². The molecule has 0 bridgehead atoms. The number of allylic oxidation sites excluding steroid dienone is 2. The van der Waals surface area contributed by atoms with Gasteiger partial charge < -0.3 is 0 Å². The summed E-state index contributed by atoms with van der Waals surface area (Å²) in [6.45, 7) is 6.54. The lowest BCUT2D eigenvalue weighted by Gasteiger charge is -1.94. The summed E-state index contributed by atoms with van der Waals surface area (Å²) in [6, 6.07) is 0. The van der Waals surface area contributed by atoms with Crippen LogP contribution in [0.3, 0.4) is 0 Å². The summed E-state index contributed by atoms with van der Waals surface area (Å²) in [7, 11) is 0. The van der Waals surface area contributed by atoms with Gasteiger partial charge in [0.15, 0.2) is 0 Å². The van der Waals surface area contributed by atoms with Crippen LogP contribution in [-0.2, 0) is 0 Å². The molecule has 0 aliphatic carbocycles. The van der Waals surface area contributed by atoms with Crippen LogP contribution in [0.1, 0.15) is 33.6 Å². The van der Waals surface area contributed by atoms with Crippen molar-refractivity contribution in [3.63, 3.8) is 0 Å². The van der Waals surface area contributed by atoms with E-state index in [0.29, 0.717) is 0 Å². The first-order valence-electron chi connectivity index (χ1n) is 3.98. The molecule has 0 aromatic rings. The van der Waals surface area contributed by atoms with Gasteiger partial charge in [-0.15, -0.1) is 0 Å². The fourth-order valence-electron chi connectivity index (χ4n) is 0.677. The van der Waals surface area contributed by atoms with Crippen molar-refractivity contribution in [3.05, 3.63) is 11.6 Å². The van der Waals surface area contributed by atoms with E-state index in [-0.39, 0.29) is 0 Å². The summed E-state index contributed by atoms with van der Waals surface area (Å²) in [4.78, 5) is 0. The molecule has 10 heavy (non-hydrogen) atoms. The average Bonchev–Trinajstić information content (AvgIpc) is 1.87. The highest BCUT2D eigenvalue weighted by Crippen LogP contribution is 2.05. The van der Waals surface area contributed by atoms with Crippen molar-refractivity contribution >= 4 is 11.8 Å². The van der Waals surface area contributed by atoms with Crippen LogP contribution in [-0.4, -0.2) is 11.5 Å². The maximum absolute atomic E-state index is 2.31. The molecule has 0 amide bonds. The quantitative estimate of drug-likeness (QED) is 0.436. The molecule has 0 unspecified atom stereocenters. The summed E-state index contributed by atoms with van der Waals surface area (Å²) in [5.41, 5.74) is 1.44. The van der Waals surface area contributed by atoms with Gasteiger partial charge >= 0.3 is 0 Å². The Bertz CT molecular complexity index is 90.9. The maximum atomic E-state index is 2.31. The van der Waals surface area contributed by atoms with Gasteiger partial charge in [-0.1, -0.05) is 18.6 Å². The minimum absolute atomic E-state index is 1.24. The smallest absolute Gasteiger partial charge is 0.00328 e. The molecule has 0 heterocycles. The van der Waals surface area contributed by atoms with Gasteiger partial charge in [-0.3, -0.25) is 0 Å². The molecular weight excluding hydrogens is 140 g/mol. The molecule has 0 fully saturated rings. The van der Waals surface area contributed by atoms with Crippen molar-refractivity contribution in [2.75, 3.05) is 11.5 Å². The summed E-state index contributed by atoms with van der Waals surface area (Å²) in [6.07, 6.45) is 4.86. The number of rotatable bonds is 5. The van der Waals surface area contributed by atoms with Crippen LogP contribution in [0.15, 0.2) is 11.6 Å². The SMILES string of the molecule is CCCSCCC=C(C)C. The number of hydrogen-bond donors (Lipinski definition) is 0. The second-order valence-corrected chi connectivity index (χ2v) is 3.91. The summed E-state index contributed by atoms with van der Waals surface area (Å²) in [5, 5.41) is 0. The van der Waals surface area contributed by atoms with Crippen LogP contribution in [0.4, 0.5) is 0 Å². The zero-order valence-corrected chi connectivity index (χ0v) is 8.13. The Morgan fingerprint density at radius 2 is 2.00 bits per heavy atom. The molecule has 0 rings (SSSR count). The van der Waals surface area contributed by atoms with Gasteiger partial charge in [0, 0.05) is 0 Å². The fourth-order valence-corrected chi connectivity index (χ4v) is 1.45. The molecule has 0 aromatic carbocycles. The third-order valence-electron chi connectivity index (χ3n) is 1.16. The lowest BCUT2D eigenvalue weighted by Crippen LogP contribution is -1.79. The lowest BCUT2D eigenvalue weighted by molar-refractivity contribution is 1.10. The Morgan fingerprint density at radius 1 is 1.30 bits per heavy atom. The van der Waals surface area contributed by atoms with Crippen molar-refractivity contribution < 1.29 is 0 Å². The largest absolute Gasteiger partial charge is 0.162 e. The molecule has 0 radical (unpaired) electrons. The van der Waals surface area contributed by atoms with E-state index in [1.807, 2.05) is 0 Å². The van der Waals surface area contributed by atoms with Crippen LogP contribution < -0.4 is 0 Å². The minimum Gasteiger partial charge on any atom is -0.162 e. The standard InChI is InChI=1S/C9H18S/c1-4-7-10-8-5-6-9(2)3/h6H,4-5,7-8H2,1-3H3. The fraction of sp³-hybridized carbons (Fsp3) is 0.778. The Morgan fingerprint density at radius 3 is 2.50 bits per heavy atom. The summed E-state index contributed by atoms with van der Waals surface area (Å²) in [5.74, 6) is 2.61. The van der Waals surface area contributed by atoms with Crippen LogP contribution in [0, 0.1) is 0 Å².